The molecule has 0 radical (unpaired) electrons. The molecule has 3 nitrogen and oxygen atoms in total. The lowest BCUT2D eigenvalue weighted by Gasteiger charge is -2.40. The van der Waals surface area contributed by atoms with Gasteiger partial charge in [0.05, 0.1) is 0 Å². The first kappa shape index (κ1) is 17.5. The third-order valence-corrected chi connectivity index (χ3v) is 5.71. The highest BCUT2D eigenvalue weighted by Crippen LogP contribution is 2.51. The van der Waals surface area contributed by atoms with Crippen LogP contribution in [0, 0.1) is 0 Å². The van der Waals surface area contributed by atoms with Gasteiger partial charge in [0.1, 0.15) is 6.04 Å². The molecule has 1 aliphatic rings. The summed E-state index contributed by atoms with van der Waals surface area (Å²) < 4.78 is -0.551. The van der Waals surface area contributed by atoms with E-state index in [1.54, 1.807) is 0 Å². The summed E-state index contributed by atoms with van der Waals surface area (Å²) in [7, 11) is 0. The van der Waals surface area contributed by atoms with Crippen LogP contribution in [0.3, 0.4) is 0 Å². The number of amides is 1. The molecule has 0 fully saturated rings. The van der Waals surface area contributed by atoms with Crippen molar-refractivity contribution in [3.8, 4) is 0 Å². The first-order valence-corrected chi connectivity index (χ1v) is 10.3. The topological polar surface area (TPSA) is 36.1 Å². The Labute approximate surface area is 161 Å². The summed E-state index contributed by atoms with van der Waals surface area (Å²) in [6.07, 6.45) is 3.45. The zero-order chi connectivity index (χ0) is 16.6. The fourth-order valence-electron chi connectivity index (χ4n) is 3.32. The molecule has 1 amide bonds. The minimum Gasteiger partial charge on any atom is -0.356 e. The van der Waals surface area contributed by atoms with Crippen LogP contribution in [0.5, 0.6) is 0 Å². The van der Waals surface area contributed by atoms with Crippen LogP contribution < -0.4 is 0 Å². The van der Waals surface area contributed by atoms with E-state index in [0.717, 1.165) is 37.0 Å². The Morgan fingerprint density at radius 2 is 2.09 bits per heavy atom. The maximum atomic E-state index is 12.7. The molecule has 2 heterocycles. The molecular weight excluding hydrogens is 488 g/mol. The maximum absolute atomic E-state index is 12.7. The van der Waals surface area contributed by atoms with E-state index in [0.29, 0.717) is 6.42 Å². The van der Waals surface area contributed by atoms with Gasteiger partial charge in [0.15, 0.2) is 2.14 Å². The van der Waals surface area contributed by atoms with Crippen molar-refractivity contribution in [2.75, 3.05) is 6.54 Å². The van der Waals surface area contributed by atoms with Crippen LogP contribution in [-0.2, 0) is 11.2 Å². The number of aromatic nitrogens is 1. The van der Waals surface area contributed by atoms with E-state index in [4.69, 9.17) is 0 Å². The highest BCUT2D eigenvalue weighted by molar-refractivity contribution is 9.39. The molecular formula is C17H19Br3N2O. The van der Waals surface area contributed by atoms with Crippen molar-refractivity contribution in [2.24, 2.45) is 0 Å². The van der Waals surface area contributed by atoms with Gasteiger partial charge in [-0.2, -0.15) is 0 Å². The van der Waals surface area contributed by atoms with Crippen LogP contribution in [0.2, 0.25) is 0 Å². The summed E-state index contributed by atoms with van der Waals surface area (Å²) in [5.74, 6) is 0.212. The largest absolute Gasteiger partial charge is 0.356 e. The van der Waals surface area contributed by atoms with Crippen molar-refractivity contribution < 1.29 is 4.79 Å². The van der Waals surface area contributed by atoms with Crippen LogP contribution >= 0.6 is 47.8 Å². The normalized spacial score (nSPS) is 18.3. The number of nitrogens with one attached hydrogen (secondary N) is 1. The SMILES string of the molecule is CCCCC(=O)N1CCc2c([nH]c3ccccc23)C1C(Br)(Br)Br. The molecule has 23 heavy (non-hydrogen) atoms. The number of alkyl halides is 3. The lowest BCUT2D eigenvalue weighted by molar-refractivity contribution is -0.134. The van der Waals surface area contributed by atoms with E-state index >= 15 is 0 Å². The number of carbonyl (C=O) groups is 1. The van der Waals surface area contributed by atoms with Crippen molar-refractivity contribution in [1.29, 1.82) is 0 Å². The molecule has 0 aliphatic carbocycles. The summed E-state index contributed by atoms with van der Waals surface area (Å²) in [5, 5.41) is 1.25. The Hall–Kier alpha value is -0.330. The van der Waals surface area contributed by atoms with Gasteiger partial charge in [-0.1, -0.05) is 79.3 Å². The van der Waals surface area contributed by atoms with Gasteiger partial charge >= 0.3 is 0 Å². The number of H-pyrrole nitrogens is 1. The molecule has 1 unspecified atom stereocenters. The number of carbonyl (C=O) groups excluding carboxylic acids is 1. The molecule has 1 aromatic carbocycles. The minimum absolute atomic E-state index is 0.122. The van der Waals surface area contributed by atoms with Gasteiger partial charge < -0.3 is 9.88 Å². The van der Waals surface area contributed by atoms with Crippen LogP contribution in [0.1, 0.15) is 43.5 Å². The van der Waals surface area contributed by atoms with Crippen molar-refractivity contribution in [3.05, 3.63) is 35.5 Å². The lowest BCUT2D eigenvalue weighted by atomic mass is 9.97. The van der Waals surface area contributed by atoms with E-state index in [1.165, 1.54) is 10.9 Å². The number of halogens is 3. The van der Waals surface area contributed by atoms with Crippen LogP contribution in [0.4, 0.5) is 0 Å². The zero-order valence-electron chi connectivity index (χ0n) is 12.9. The summed E-state index contributed by atoms with van der Waals surface area (Å²) in [5.41, 5.74) is 3.54. The summed E-state index contributed by atoms with van der Waals surface area (Å²) >= 11 is 11.0. The monoisotopic (exact) mass is 504 g/mol. The minimum atomic E-state index is -0.551. The standard InChI is InChI=1S/C17H19Br3N2O/c1-2-3-8-14(23)22-10-9-12-11-6-4-5-7-13(11)21-15(12)16(22)17(18,19)20/h4-7,16,21H,2-3,8-10H2,1H3. The molecule has 1 aromatic heterocycles. The first-order valence-electron chi connectivity index (χ1n) is 7.89. The summed E-state index contributed by atoms with van der Waals surface area (Å²) in [4.78, 5) is 18.2. The second-order valence-corrected chi connectivity index (χ2v) is 12.9. The average Bonchev–Trinajstić information content (AvgIpc) is 2.88. The first-order chi connectivity index (χ1) is 10.9. The number of unbranched alkanes of at least 4 members (excludes halogenated alkanes) is 1. The molecule has 1 N–H and O–H groups in total. The summed E-state index contributed by atoms with van der Waals surface area (Å²) in [6.45, 7) is 2.85. The lowest BCUT2D eigenvalue weighted by Crippen LogP contribution is -2.44. The average molecular weight is 507 g/mol. The van der Waals surface area contributed by atoms with Crippen molar-refractivity contribution in [1.82, 2.24) is 9.88 Å². The number of hydrogen-bond donors (Lipinski definition) is 1. The van der Waals surface area contributed by atoms with E-state index in [-0.39, 0.29) is 11.9 Å². The fourth-order valence-corrected chi connectivity index (χ4v) is 4.75. The van der Waals surface area contributed by atoms with E-state index in [1.807, 2.05) is 11.0 Å². The number of nitrogens with zero attached hydrogens (tertiary/aromatic N) is 1. The number of para-hydroxylation sites is 1. The second kappa shape index (κ2) is 6.89. The molecule has 0 bridgehead atoms. The smallest absolute Gasteiger partial charge is 0.223 e. The number of benzene rings is 1. The van der Waals surface area contributed by atoms with Gasteiger partial charge in [-0.05, 0) is 24.5 Å². The van der Waals surface area contributed by atoms with Crippen LogP contribution in [0.15, 0.2) is 24.3 Å². The predicted octanol–water partition coefficient (Wildman–Crippen LogP) is 5.62. The third kappa shape index (κ3) is 3.40. The third-order valence-electron chi connectivity index (χ3n) is 4.41. The Bertz CT molecular complexity index is 720. The van der Waals surface area contributed by atoms with Crippen molar-refractivity contribution in [3.63, 3.8) is 0 Å². The van der Waals surface area contributed by atoms with E-state index < -0.39 is 2.14 Å². The number of hydrogen-bond acceptors (Lipinski definition) is 1. The van der Waals surface area contributed by atoms with Crippen molar-refractivity contribution in [2.45, 2.75) is 40.8 Å². The van der Waals surface area contributed by atoms with Crippen molar-refractivity contribution >= 4 is 64.6 Å². The number of aromatic amines is 1. The number of fused-ring (bicyclic) bond motifs is 3. The fraction of sp³-hybridized carbons (Fsp3) is 0.471. The van der Waals surface area contributed by atoms with Gasteiger partial charge in [-0.25, -0.2) is 0 Å². The molecule has 1 atom stereocenters. The molecule has 2 aromatic rings. The quantitative estimate of drug-likeness (QED) is 0.539. The van der Waals surface area contributed by atoms with Gasteiger partial charge in [0, 0.05) is 29.6 Å². The zero-order valence-corrected chi connectivity index (χ0v) is 17.7. The Balaban J connectivity index is 2.05. The highest BCUT2D eigenvalue weighted by Gasteiger charge is 2.43. The van der Waals surface area contributed by atoms with Gasteiger partial charge in [-0.3, -0.25) is 4.79 Å². The molecule has 124 valence electrons. The summed E-state index contributed by atoms with van der Waals surface area (Å²) in [6, 6.07) is 8.21. The van der Waals surface area contributed by atoms with Gasteiger partial charge in [0.2, 0.25) is 5.91 Å². The maximum Gasteiger partial charge on any atom is 0.223 e. The van der Waals surface area contributed by atoms with Crippen LogP contribution in [0.25, 0.3) is 10.9 Å². The predicted molar refractivity (Wildman–Crippen MR) is 105 cm³/mol. The molecule has 0 saturated heterocycles. The van der Waals surface area contributed by atoms with Gasteiger partial charge in [-0.15, -0.1) is 0 Å². The molecule has 0 spiro atoms. The molecule has 1 aliphatic heterocycles. The Morgan fingerprint density at radius 3 is 2.78 bits per heavy atom. The molecule has 3 rings (SSSR count). The number of rotatable bonds is 3. The van der Waals surface area contributed by atoms with Gasteiger partial charge in [0.25, 0.3) is 0 Å². The van der Waals surface area contributed by atoms with E-state index in [2.05, 4.69) is 77.9 Å². The molecule has 0 saturated carbocycles. The van der Waals surface area contributed by atoms with E-state index in [9.17, 15) is 4.79 Å². The Morgan fingerprint density at radius 1 is 1.35 bits per heavy atom. The molecule has 6 heteroatoms. The second-order valence-electron chi connectivity index (χ2n) is 5.95. The Kier molecular flexibility index (Phi) is 5.24. The highest BCUT2D eigenvalue weighted by atomic mass is 80.0. The van der Waals surface area contributed by atoms with Crippen LogP contribution in [-0.4, -0.2) is 24.5 Å².